The molecule has 166 valence electrons. The van der Waals surface area contributed by atoms with Gasteiger partial charge in [0.05, 0.1) is 6.20 Å². The predicted octanol–water partition coefficient (Wildman–Crippen LogP) is 4.15. The van der Waals surface area contributed by atoms with Gasteiger partial charge in [-0.2, -0.15) is 14.9 Å². The second-order valence-corrected chi connectivity index (χ2v) is 8.46. The molecule has 0 radical (unpaired) electrons. The summed E-state index contributed by atoms with van der Waals surface area (Å²) in [7, 11) is 0. The van der Waals surface area contributed by atoms with Gasteiger partial charge in [0.1, 0.15) is 11.8 Å². The number of carbonyl (C=O) groups is 1. The third-order valence-corrected chi connectivity index (χ3v) is 6.35. The van der Waals surface area contributed by atoms with Gasteiger partial charge in [0, 0.05) is 19.6 Å². The van der Waals surface area contributed by atoms with E-state index < -0.39 is 0 Å². The highest BCUT2D eigenvalue weighted by molar-refractivity contribution is 5.95. The third-order valence-electron chi connectivity index (χ3n) is 6.35. The molecular formula is C25H27N3O4. The Balaban J connectivity index is 0.000000913. The summed E-state index contributed by atoms with van der Waals surface area (Å²) in [4.78, 5) is 35.9. The van der Waals surface area contributed by atoms with E-state index >= 15 is 0 Å². The Morgan fingerprint density at radius 2 is 2.00 bits per heavy atom. The number of rotatable bonds is 5. The quantitative estimate of drug-likeness (QED) is 0.709. The minimum absolute atomic E-state index is 0.0887. The summed E-state index contributed by atoms with van der Waals surface area (Å²) in [5.41, 5.74) is 5.36. The first kappa shape index (κ1) is 23.3. The van der Waals surface area contributed by atoms with Crippen molar-refractivity contribution in [2.24, 2.45) is 0 Å². The fourth-order valence-corrected chi connectivity index (χ4v) is 4.37. The molecule has 1 fully saturated rings. The molecule has 2 aromatic rings. The maximum absolute atomic E-state index is 12.8. The molecule has 1 aromatic heterocycles. The van der Waals surface area contributed by atoms with E-state index in [1.54, 1.807) is 0 Å². The number of aromatic amines is 1. The first-order chi connectivity index (χ1) is 15.5. The topological polar surface area (TPSA) is 113 Å². The van der Waals surface area contributed by atoms with Gasteiger partial charge in [-0.25, -0.2) is 4.98 Å². The van der Waals surface area contributed by atoms with Gasteiger partial charge in [-0.1, -0.05) is 31.2 Å². The highest BCUT2D eigenvalue weighted by Gasteiger charge is 2.30. The molecule has 0 spiro atoms. The van der Waals surface area contributed by atoms with Crippen molar-refractivity contribution in [3.63, 3.8) is 0 Å². The molecule has 1 aliphatic carbocycles. The van der Waals surface area contributed by atoms with E-state index in [4.69, 9.17) is 19.6 Å². The first-order valence-corrected chi connectivity index (χ1v) is 10.9. The number of ether oxygens (including phenoxy) is 1. The number of hydrogen-bond donors (Lipinski definition) is 1. The lowest BCUT2D eigenvalue weighted by molar-refractivity contribution is -0.191. The number of hydrogen-bond acceptors (Lipinski definition) is 6. The molecule has 1 aliphatic heterocycles. The molecule has 7 heteroatoms. The lowest BCUT2D eigenvalue weighted by Crippen LogP contribution is -2.30. The van der Waals surface area contributed by atoms with Gasteiger partial charge in [-0.15, -0.1) is 0 Å². The SMILES string of the molecule is CC1(c2ccc(CC(=O)c3ncc(C#N)[nH]3)c(C3=CCCCC3)c2)CCOCC1.O=C=O. The van der Waals surface area contributed by atoms with Crippen molar-refractivity contribution >= 4 is 17.5 Å². The van der Waals surface area contributed by atoms with Gasteiger partial charge in [0.25, 0.3) is 0 Å². The predicted molar refractivity (Wildman–Crippen MR) is 117 cm³/mol. The Bertz CT molecular complexity index is 1070. The van der Waals surface area contributed by atoms with Crippen LogP contribution in [0.5, 0.6) is 0 Å². The number of nitriles is 1. The standard InChI is InChI=1S/C24H27N3O2.CO2/c1-24(9-11-29-12-10-24)19-8-7-18(21(14-19)17-5-3-2-4-6-17)13-22(28)23-26-16-20(15-25)27-23;2-1-3/h5,7-8,14,16H,2-4,6,9-13H2,1H3,(H,26,27);. The lowest BCUT2D eigenvalue weighted by atomic mass is 9.74. The smallest absolute Gasteiger partial charge is 0.373 e. The summed E-state index contributed by atoms with van der Waals surface area (Å²) in [6, 6.07) is 8.60. The second kappa shape index (κ2) is 10.8. The van der Waals surface area contributed by atoms with Crippen LogP contribution in [0.4, 0.5) is 0 Å². The van der Waals surface area contributed by atoms with Crippen LogP contribution < -0.4 is 0 Å². The van der Waals surface area contributed by atoms with Gasteiger partial charge in [0.15, 0.2) is 5.82 Å². The average molecular weight is 434 g/mol. The summed E-state index contributed by atoms with van der Waals surface area (Å²) in [6.45, 7) is 3.92. The first-order valence-electron chi connectivity index (χ1n) is 10.9. The van der Waals surface area contributed by atoms with Crippen LogP contribution in [0.15, 0.2) is 30.5 Å². The van der Waals surface area contributed by atoms with Crippen molar-refractivity contribution in [3.8, 4) is 6.07 Å². The van der Waals surface area contributed by atoms with Crippen LogP contribution in [0.2, 0.25) is 0 Å². The van der Waals surface area contributed by atoms with E-state index in [1.807, 2.05) is 6.07 Å². The Morgan fingerprint density at radius 3 is 2.62 bits per heavy atom. The summed E-state index contributed by atoms with van der Waals surface area (Å²) in [5.74, 6) is 0.166. The largest absolute Gasteiger partial charge is 0.381 e. The molecular weight excluding hydrogens is 406 g/mol. The van der Waals surface area contributed by atoms with Crippen LogP contribution in [0.3, 0.4) is 0 Å². The molecule has 1 N–H and O–H groups in total. The van der Waals surface area contributed by atoms with E-state index in [9.17, 15) is 4.79 Å². The zero-order chi connectivity index (χ0) is 23.0. The number of ketones is 1. The maximum Gasteiger partial charge on any atom is 0.373 e. The number of allylic oxidation sites excluding steroid dienone is 2. The van der Waals surface area contributed by atoms with Gasteiger partial charge < -0.3 is 9.72 Å². The molecule has 0 atom stereocenters. The van der Waals surface area contributed by atoms with E-state index in [0.29, 0.717) is 5.69 Å². The highest BCUT2D eigenvalue weighted by atomic mass is 16.5. The molecule has 0 saturated carbocycles. The molecule has 1 saturated heterocycles. The molecule has 7 nitrogen and oxygen atoms in total. The number of benzene rings is 1. The van der Waals surface area contributed by atoms with Gasteiger partial charge >= 0.3 is 6.15 Å². The van der Waals surface area contributed by atoms with Crippen molar-refractivity contribution in [2.45, 2.75) is 57.3 Å². The van der Waals surface area contributed by atoms with Crippen molar-refractivity contribution in [1.82, 2.24) is 9.97 Å². The van der Waals surface area contributed by atoms with Crippen LogP contribution in [0.1, 0.15) is 78.5 Å². The molecule has 1 aromatic carbocycles. The zero-order valence-corrected chi connectivity index (χ0v) is 18.3. The number of H-pyrrole nitrogens is 1. The van der Waals surface area contributed by atoms with E-state index in [1.165, 1.54) is 35.7 Å². The average Bonchev–Trinajstić information content (AvgIpc) is 3.30. The number of nitrogens with one attached hydrogen (secondary N) is 1. The lowest BCUT2D eigenvalue weighted by Gasteiger charge is -2.35. The molecule has 0 unspecified atom stereocenters. The van der Waals surface area contributed by atoms with Gasteiger partial charge in [-0.3, -0.25) is 4.79 Å². The van der Waals surface area contributed by atoms with Crippen molar-refractivity contribution in [3.05, 3.63) is 58.7 Å². The van der Waals surface area contributed by atoms with Gasteiger partial charge in [-0.05, 0) is 66.2 Å². The number of imidazole rings is 1. The monoisotopic (exact) mass is 433 g/mol. The summed E-state index contributed by atoms with van der Waals surface area (Å²) >= 11 is 0. The third kappa shape index (κ3) is 5.47. The molecule has 2 heterocycles. The zero-order valence-electron chi connectivity index (χ0n) is 18.3. The molecule has 4 rings (SSSR count). The Labute approximate surface area is 187 Å². The van der Waals surface area contributed by atoms with Crippen LogP contribution in [0.25, 0.3) is 5.57 Å². The molecule has 2 aliphatic rings. The number of aromatic nitrogens is 2. The van der Waals surface area contributed by atoms with Crippen LogP contribution >= 0.6 is 0 Å². The van der Waals surface area contributed by atoms with Crippen molar-refractivity contribution in [2.75, 3.05) is 13.2 Å². The van der Waals surface area contributed by atoms with Crippen molar-refractivity contribution < 1.29 is 19.1 Å². The Morgan fingerprint density at radius 1 is 1.25 bits per heavy atom. The molecule has 32 heavy (non-hydrogen) atoms. The van der Waals surface area contributed by atoms with Crippen molar-refractivity contribution in [1.29, 1.82) is 5.26 Å². The van der Waals surface area contributed by atoms with E-state index in [-0.39, 0.29) is 29.6 Å². The molecule has 0 bridgehead atoms. The summed E-state index contributed by atoms with van der Waals surface area (Å²) in [6.07, 6.45) is 10.9. The van der Waals surface area contributed by atoms with Crippen LogP contribution in [0, 0.1) is 11.3 Å². The number of Topliss-reactive ketones (excluding diaryl/α,β-unsaturated/α-hetero) is 1. The normalized spacial score (nSPS) is 17.2. The van der Waals surface area contributed by atoms with Crippen LogP contribution in [-0.2, 0) is 26.2 Å². The van der Waals surface area contributed by atoms with E-state index in [2.05, 4.69) is 41.2 Å². The fourth-order valence-electron chi connectivity index (χ4n) is 4.37. The number of nitrogens with zero attached hydrogens (tertiary/aromatic N) is 2. The number of carbonyl (C=O) groups excluding carboxylic acids is 3. The Hall–Kier alpha value is -3.33. The second-order valence-electron chi connectivity index (χ2n) is 8.46. The summed E-state index contributed by atoms with van der Waals surface area (Å²) < 4.78 is 5.58. The Kier molecular flexibility index (Phi) is 7.88. The van der Waals surface area contributed by atoms with Gasteiger partial charge in [0.2, 0.25) is 5.78 Å². The summed E-state index contributed by atoms with van der Waals surface area (Å²) in [5, 5.41) is 8.97. The minimum Gasteiger partial charge on any atom is -0.381 e. The molecule has 0 amide bonds. The minimum atomic E-state index is -0.0887. The maximum atomic E-state index is 12.8. The fraction of sp³-hybridized carbons (Fsp3) is 0.440. The highest BCUT2D eigenvalue weighted by Crippen LogP contribution is 2.38. The van der Waals surface area contributed by atoms with Crippen LogP contribution in [-0.4, -0.2) is 35.1 Å². The van der Waals surface area contributed by atoms with E-state index in [0.717, 1.165) is 44.5 Å².